The fraction of sp³-hybridized carbons (Fsp3) is 0.917. The molecule has 0 saturated carbocycles. The molecule has 0 aliphatic heterocycles. The average molecular weight is 213 g/mol. The molecule has 0 radical (unpaired) electrons. The Labute approximate surface area is 94.7 Å². The van der Waals surface area contributed by atoms with E-state index in [1.807, 2.05) is 0 Å². The van der Waals surface area contributed by atoms with Crippen molar-refractivity contribution in [1.82, 2.24) is 10.6 Å². The molecule has 0 aliphatic rings. The zero-order valence-corrected chi connectivity index (χ0v) is 10.9. The van der Waals surface area contributed by atoms with Crippen molar-refractivity contribution in [3.05, 3.63) is 0 Å². The van der Waals surface area contributed by atoms with Crippen molar-refractivity contribution in [1.29, 1.82) is 0 Å². The van der Waals surface area contributed by atoms with Gasteiger partial charge >= 0.3 is 0 Å². The zero-order chi connectivity index (χ0) is 11.7. The van der Waals surface area contributed by atoms with Crippen molar-refractivity contribution >= 4 is 5.96 Å². The second-order valence-corrected chi connectivity index (χ2v) is 4.72. The lowest BCUT2D eigenvalue weighted by Crippen LogP contribution is -2.38. The molecule has 0 aliphatic carbocycles. The average Bonchev–Trinajstić information content (AvgIpc) is 2.13. The predicted octanol–water partition coefficient (Wildman–Crippen LogP) is 2.24. The van der Waals surface area contributed by atoms with E-state index in [2.05, 4.69) is 50.2 Å². The first kappa shape index (κ1) is 14.3. The van der Waals surface area contributed by atoms with Crippen LogP contribution in [0.25, 0.3) is 0 Å². The molecule has 15 heavy (non-hydrogen) atoms. The molecule has 0 fully saturated rings. The molecule has 0 rings (SSSR count). The maximum absolute atomic E-state index is 4.50. The molecule has 3 heteroatoms. The van der Waals surface area contributed by atoms with E-state index in [0.717, 1.165) is 31.5 Å². The number of rotatable bonds is 6. The Morgan fingerprint density at radius 2 is 1.73 bits per heavy atom. The summed E-state index contributed by atoms with van der Waals surface area (Å²) in [7, 11) is 0. The quantitative estimate of drug-likeness (QED) is 0.524. The number of hydrogen-bond acceptors (Lipinski definition) is 1. The highest BCUT2D eigenvalue weighted by Crippen LogP contribution is 1.96. The first-order chi connectivity index (χ1) is 7.06. The van der Waals surface area contributed by atoms with Crippen LogP contribution in [-0.4, -0.2) is 25.6 Å². The molecule has 0 aromatic heterocycles. The van der Waals surface area contributed by atoms with Gasteiger partial charge in [0.05, 0.1) is 0 Å². The lowest BCUT2D eigenvalue weighted by Gasteiger charge is -2.12. The molecule has 0 unspecified atom stereocenters. The molecule has 90 valence electrons. The molecular formula is C12H27N3. The normalized spacial score (nSPS) is 12.3. The molecule has 0 amide bonds. The molecule has 2 N–H and O–H groups in total. The maximum atomic E-state index is 4.50. The number of guanidine groups is 1. The second-order valence-electron chi connectivity index (χ2n) is 4.72. The van der Waals surface area contributed by atoms with Gasteiger partial charge in [-0.1, -0.05) is 27.7 Å². The Bertz CT molecular complexity index is 174. The van der Waals surface area contributed by atoms with E-state index in [4.69, 9.17) is 0 Å². The maximum Gasteiger partial charge on any atom is 0.191 e. The SMILES string of the molecule is CCNC(=NCC(C)C)NCCC(C)C. The molecular weight excluding hydrogens is 186 g/mol. The summed E-state index contributed by atoms with van der Waals surface area (Å²) in [5.41, 5.74) is 0. The fourth-order valence-corrected chi connectivity index (χ4v) is 1.09. The molecule has 0 spiro atoms. The Kier molecular flexibility index (Phi) is 8.15. The first-order valence-electron chi connectivity index (χ1n) is 6.08. The van der Waals surface area contributed by atoms with E-state index in [0.29, 0.717) is 5.92 Å². The Balaban J connectivity index is 3.87. The van der Waals surface area contributed by atoms with E-state index in [1.54, 1.807) is 0 Å². The van der Waals surface area contributed by atoms with Gasteiger partial charge in [-0.25, -0.2) is 0 Å². The summed E-state index contributed by atoms with van der Waals surface area (Å²) in [5, 5.41) is 6.60. The third-order valence-electron chi connectivity index (χ3n) is 1.97. The van der Waals surface area contributed by atoms with E-state index in [-0.39, 0.29) is 0 Å². The minimum absolute atomic E-state index is 0.616. The molecule has 0 aromatic carbocycles. The van der Waals surface area contributed by atoms with Gasteiger partial charge in [0.1, 0.15) is 0 Å². The Morgan fingerprint density at radius 3 is 2.20 bits per heavy atom. The Morgan fingerprint density at radius 1 is 1.07 bits per heavy atom. The van der Waals surface area contributed by atoms with Gasteiger partial charge in [0.15, 0.2) is 5.96 Å². The summed E-state index contributed by atoms with van der Waals surface area (Å²) >= 11 is 0. The van der Waals surface area contributed by atoms with Gasteiger partial charge in [0.25, 0.3) is 0 Å². The van der Waals surface area contributed by atoms with E-state index >= 15 is 0 Å². The van der Waals surface area contributed by atoms with Crippen molar-refractivity contribution in [2.45, 2.75) is 41.0 Å². The van der Waals surface area contributed by atoms with Crippen LogP contribution < -0.4 is 10.6 Å². The molecule has 0 atom stereocenters. The third-order valence-corrected chi connectivity index (χ3v) is 1.97. The lowest BCUT2D eigenvalue weighted by molar-refractivity contribution is 0.572. The van der Waals surface area contributed by atoms with Crippen LogP contribution in [0.5, 0.6) is 0 Å². The number of aliphatic imine (C=N–C) groups is 1. The molecule has 0 bridgehead atoms. The largest absolute Gasteiger partial charge is 0.357 e. The van der Waals surface area contributed by atoms with Crippen LogP contribution in [0.1, 0.15) is 41.0 Å². The van der Waals surface area contributed by atoms with Crippen molar-refractivity contribution in [2.75, 3.05) is 19.6 Å². The highest BCUT2D eigenvalue weighted by molar-refractivity contribution is 5.79. The molecule has 0 heterocycles. The van der Waals surface area contributed by atoms with Crippen molar-refractivity contribution in [3.63, 3.8) is 0 Å². The van der Waals surface area contributed by atoms with Crippen LogP contribution in [0.15, 0.2) is 4.99 Å². The second kappa shape index (κ2) is 8.57. The van der Waals surface area contributed by atoms with Crippen LogP contribution >= 0.6 is 0 Å². The standard InChI is InChI=1S/C12H27N3/c1-6-13-12(15-9-11(4)5)14-8-7-10(2)3/h10-11H,6-9H2,1-5H3,(H2,13,14,15). The molecule has 0 saturated heterocycles. The van der Waals surface area contributed by atoms with Gasteiger partial charge in [0, 0.05) is 19.6 Å². The van der Waals surface area contributed by atoms with Gasteiger partial charge in [-0.05, 0) is 25.2 Å². The van der Waals surface area contributed by atoms with E-state index in [9.17, 15) is 0 Å². The van der Waals surface area contributed by atoms with Crippen molar-refractivity contribution in [2.24, 2.45) is 16.8 Å². The summed E-state index contributed by atoms with van der Waals surface area (Å²) in [6, 6.07) is 0. The predicted molar refractivity (Wildman–Crippen MR) is 68.3 cm³/mol. The van der Waals surface area contributed by atoms with E-state index < -0.39 is 0 Å². The minimum atomic E-state index is 0.616. The van der Waals surface area contributed by atoms with Gasteiger partial charge in [-0.3, -0.25) is 4.99 Å². The van der Waals surface area contributed by atoms with Gasteiger partial charge in [-0.15, -0.1) is 0 Å². The smallest absolute Gasteiger partial charge is 0.191 e. The molecule has 3 nitrogen and oxygen atoms in total. The lowest BCUT2D eigenvalue weighted by atomic mass is 10.1. The highest BCUT2D eigenvalue weighted by Gasteiger charge is 1.98. The Hall–Kier alpha value is -0.730. The summed E-state index contributed by atoms with van der Waals surface area (Å²) < 4.78 is 0. The van der Waals surface area contributed by atoms with E-state index in [1.165, 1.54) is 6.42 Å². The highest BCUT2D eigenvalue weighted by atomic mass is 15.2. The van der Waals surface area contributed by atoms with Gasteiger partial charge in [-0.2, -0.15) is 0 Å². The minimum Gasteiger partial charge on any atom is -0.357 e. The summed E-state index contributed by atoms with van der Waals surface area (Å²) in [5.74, 6) is 2.31. The molecule has 0 aromatic rings. The van der Waals surface area contributed by atoms with Crippen molar-refractivity contribution < 1.29 is 0 Å². The fourth-order valence-electron chi connectivity index (χ4n) is 1.09. The monoisotopic (exact) mass is 213 g/mol. The van der Waals surface area contributed by atoms with Crippen molar-refractivity contribution in [3.8, 4) is 0 Å². The van der Waals surface area contributed by atoms with Crippen LogP contribution in [-0.2, 0) is 0 Å². The zero-order valence-electron chi connectivity index (χ0n) is 10.9. The van der Waals surface area contributed by atoms with Crippen LogP contribution in [0.3, 0.4) is 0 Å². The van der Waals surface area contributed by atoms with Crippen LogP contribution in [0.2, 0.25) is 0 Å². The first-order valence-corrected chi connectivity index (χ1v) is 6.08. The summed E-state index contributed by atoms with van der Waals surface area (Å²) in [6.45, 7) is 13.7. The van der Waals surface area contributed by atoms with Gasteiger partial charge < -0.3 is 10.6 Å². The number of nitrogens with one attached hydrogen (secondary N) is 2. The van der Waals surface area contributed by atoms with Crippen LogP contribution in [0, 0.1) is 11.8 Å². The van der Waals surface area contributed by atoms with Crippen LogP contribution in [0.4, 0.5) is 0 Å². The number of nitrogens with zero attached hydrogens (tertiary/aromatic N) is 1. The third kappa shape index (κ3) is 9.57. The number of hydrogen-bond donors (Lipinski definition) is 2. The topological polar surface area (TPSA) is 36.4 Å². The van der Waals surface area contributed by atoms with Gasteiger partial charge in [0.2, 0.25) is 0 Å². The summed E-state index contributed by atoms with van der Waals surface area (Å²) in [6.07, 6.45) is 1.19. The summed E-state index contributed by atoms with van der Waals surface area (Å²) in [4.78, 5) is 4.50.